The molecule has 3 rings (SSSR count). The minimum absolute atomic E-state index is 0.290. The molecule has 0 saturated carbocycles. The van der Waals surface area contributed by atoms with Gasteiger partial charge in [0.2, 0.25) is 11.9 Å². The Labute approximate surface area is 106 Å². The molecule has 1 unspecified atom stereocenters. The molecule has 2 N–H and O–H groups in total. The van der Waals surface area contributed by atoms with Gasteiger partial charge in [0.25, 0.3) is 0 Å². The molecule has 2 saturated heterocycles. The summed E-state index contributed by atoms with van der Waals surface area (Å²) in [5, 5.41) is 0. The van der Waals surface area contributed by atoms with Gasteiger partial charge >= 0.3 is 0 Å². The highest BCUT2D eigenvalue weighted by atomic mass is 16.2. The van der Waals surface area contributed by atoms with Crippen molar-refractivity contribution in [1.29, 1.82) is 0 Å². The lowest BCUT2D eigenvalue weighted by molar-refractivity contribution is -0.129. The SMILES string of the molecule is Cc1cc(N2CCN3C(=O)CCC3C2)nc(N)n1. The van der Waals surface area contributed by atoms with Crippen molar-refractivity contribution in [2.24, 2.45) is 0 Å². The van der Waals surface area contributed by atoms with Gasteiger partial charge in [-0.1, -0.05) is 0 Å². The van der Waals surface area contributed by atoms with Gasteiger partial charge in [0.1, 0.15) is 5.82 Å². The zero-order valence-electron chi connectivity index (χ0n) is 10.5. The summed E-state index contributed by atoms with van der Waals surface area (Å²) in [7, 11) is 0. The van der Waals surface area contributed by atoms with E-state index in [4.69, 9.17) is 5.73 Å². The second-order valence-corrected chi connectivity index (χ2v) is 4.95. The van der Waals surface area contributed by atoms with Crippen LogP contribution in [0.1, 0.15) is 18.5 Å². The first-order chi connectivity index (χ1) is 8.63. The van der Waals surface area contributed by atoms with Crippen LogP contribution in [0.4, 0.5) is 11.8 Å². The summed E-state index contributed by atoms with van der Waals surface area (Å²) >= 11 is 0. The van der Waals surface area contributed by atoms with Crippen LogP contribution < -0.4 is 10.6 Å². The largest absolute Gasteiger partial charge is 0.368 e. The fourth-order valence-corrected chi connectivity index (χ4v) is 2.81. The van der Waals surface area contributed by atoms with E-state index in [9.17, 15) is 4.79 Å². The second kappa shape index (κ2) is 4.12. The van der Waals surface area contributed by atoms with Crippen molar-refractivity contribution in [2.75, 3.05) is 30.3 Å². The molecule has 2 fully saturated rings. The molecule has 18 heavy (non-hydrogen) atoms. The van der Waals surface area contributed by atoms with E-state index in [-0.39, 0.29) is 5.91 Å². The van der Waals surface area contributed by atoms with E-state index in [0.717, 1.165) is 37.6 Å². The lowest BCUT2D eigenvalue weighted by atomic mass is 10.1. The van der Waals surface area contributed by atoms with E-state index < -0.39 is 0 Å². The predicted molar refractivity (Wildman–Crippen MR) is 68.1 cm³/mol. The summed E-state index contributed by atoms with van der Waals surface area (Å²) in [5.74, 6) is 1.48. The van der Waals surface area contributed by atoms with Crippen LogP contribution in [0.3, 0.4) is 0 Å². The van der Waals surface area contributed by atoms with Crippen molar-refractivity contribution in [3.05, 3.63) is 11.8 Å². The topological polar surface area (TPSA) is 75.3 Å². The van der Waals surface area contributed by atoms with E-state index in [1.54, 1.807) is 0 Å². The maximum Gasteiger partial charge on any atom is 0.223 e. The van der Waals surface area contributed by atoms with Gasteiger partial charge in [0.05, 0.1) is 0 Å². The van der Waals surface area contributed by atoms with E-state index in [2.05, 4.69) is 14.9 Å². The molecule has 0 bridgehead atoms. The molecule has 1 aromatic rings. The highest BCUT2D eigenvalue weighted by molar-refractivity contribution is 5.79. The third kappa shape index (κ3) is 1.87. The van der Waals surface area contributed by atoms with Crippen LogP contribution in [-0.2, 0) is 4.79 Å². The molecule has 0 radical (unpaired) electrons. The zero-order valence-corrected chi connectivity index (χ0v) is 10.5. The Bertz CT molecular complexity index is 469. The number of amides is 1. The quantitative estimate of drug-likeness (QED) is 0.766. The second-order valence-electron chi connectivity index (χ2n) is 4.95. The van der Waals surface area contributed by atoms with E-state index in [1.807, 2.05) is 17.9 Å². The molecule has 6 nitrogen and oxygen atoms in total. The molecule has 3 heterocycles. The van der Waals surface area contributed by atoms with Gasteiger partial charge in [-0.3, -0.25) is 4.79 Å². The van der Waals surface area contributed by atoms with Crippen LogP contribution in [0.5, 0.6) is 0 Å². The molecular formula is C12H17N5O. The fourth-order valence-electron chi connectivity index (χ4n) is 2.81. The third-order valence-electron chi connectivity index (χ3n) is 3.68. The van der Waals surface area contributed by atoms with Crippen LogP contribution in [0, 0.1) is 6.92 Å². The number of hydrogen-bond acceptors (Lipinski definition) is 5. The van der Waals surface area contributed by atoms with Gasteiger partial charge in [-0.25, -0.2) is 4.98 Å². The van der Waals surface area contributed by atoms with Crippen LogP contribution >= 0.6 is 0 Å². The van der Waals surface area contributed by atoms with Crippen LogP contribution in [0.25, 0.3) is 0 Å². The molecule has 0 spiro atoms. The van der Waals surface area contributed by atoms with Gasteiger partial charge in [-0.2, -0.15) is 4.98 Å². The van der Waals surface area contributed by atoms with Gasteiger partial charge < -0.3 is 15.5 Å². The number of nitrogens with zero attached hydrogens (tertiary/aromatic N) is 4. The molecule has 6 heteroatoms. The number of fused-ring (bicyclic) bond motifs is 1. The number of carbonyl (C=O) groups is 1. The maximum absolute atomic E-state index is 11.6. The Morgan fingerprint density at radius 1 is 1.39 bits per heavy atom. The normalized spacial score (nSPS) is 23.4. The number of carbonyl (C=O) groups excluding carboxylic acids is 1. The van der Waals surface area contributed by atoms with Crippen molar-refractivity contribution in [2.45, 2.75) is 25.8 Å². The van der Waals surface area contributed by atoms with Crippen molar-refractivity contribution >= 4 is 17.7 Å². The third-order valence-corrected chi connectivity index (χ3v) is 3.68. The first-order valence-corrected chi connectivity index (χ1v) is 6.29. The predicted octanol–water partition coefficient (Wildman–Crippen LogP) is 0.178. The number of nitrogen functional groups attached to an aromatic ring is 1. The zero-order chi connectivity index (χ0) is 12.7. The molecule has 2 aliphatic rings. The van der Waals surface area contributed by atoms with Gasteiger partial charge in [0.15, 0.2) is 0 Å². The number of nitrogens with two attached hydrogens (primary N) is 1. The Kier molecular flexibility index (Phi) is 2.57. The summed E-state index contributed by atoms with van der Waals surface area (Å²) in [4.78, 5) is 24.2. The summed E-state index contributed by atoms with van der Waals surface area (Å²) in [5.41, 5.74) is 6.56. The summed E-state index contributed by atoms with van der Waals surface area (Å²) < 4.78 is 0. The number of aryl methyl sites for hydroxylation is 1. The maximum atomic E-state index is 11.6. The number of aromatic nitrogens is 2. The summed E-state index contributed by atoms with van der Waals surface area (Å²) in [6, 6.07) is 2.28. The summed E-state index contributed by atoms with van der Waals surface area (Å²) in [6.07, 6.45) is 1.64. The number of anilines is 2. The van der Waals surface area contributed by atoms with E-state index in [1.165, 1.54) is 0 Å². The smallest absolute Gasteiger partial charge is 0.223 e. The van der Waals surface area contributed by atoms with Crippen LogP contribution in [-0.4, -0.2) is 46.5 Å². The average Bonchev–Trinajstić information content (AvgIpc) is 2.69. The molecule has 0 aliphatic carbocycles. The lowest BCUT2D eigenvalue weighted by Gasteiger charge is -2.38. The molecule has 96 valence electrons. The molecule has 2 aliphatic heterocycles. The standard InChI is InChI=1S/C12H17N5O/c1-8-6-10(15-12(13)14-8)16-4-5-17-9(7-16)2-3-11(17)18/h6,9H,2-5,7H2,1H3,(H2,13,14,15). The van der Waals surface area contributed by atoms with Gasteiger partial charge in [0, 0.05) is 43.9 Å². The molecule has 0 aromatic carbocycles. The highest BCUT2D eigenvalue weighted by Crippen LogP contribution is 2.25. The minimum atomic E-state index is 0.290. The molecule has 1 aromatic heterocycles. The Morgan fingerprint density at radius 2 is 2.22 bits per heavy atom. The van der Waals surface area contributed by atoms with Crippen molar-refractivity contribution in [3.8, 4) is 0 Å². The van der Waals surface area contributed by atoms with Gasteiger partial charge in [-0.05, 0) is 13.3 Å². The average molecular weight is 247 g/mol. The van der Waals surface area contributed by atoms with Crippen LogP contribution in [0.2, 0.25) is 0 Å². The summed E-state index contributed by atoms with van der Waals surface area (Å²) in [6.45, 7) is 4.36. The Balaban J connectivity index is 1.80. The van der Waals surface area contributed by atoms with Crippen molar-refractivity contribution < 1.29 is 4.79 Å². The lowest BCUT2D eigenvalue weighted by Crippen LogP contribution is -2.51. The number of piperazine rings is 1. The Morgan fingerprint density at radius 3 is 3.00 bits per heavy atom. The molecule has 1 amide bonds. The van der Waals surface area contributed by atoms with E-state index in [0.29, 0.717) is 18.4 Å². The first-order valence-electron chi connectivity index (χ1n) is 6.29. The Hall–Kier alpha value is -1.85. The van der Waals surface area contributed by atoms with E-state index >= 15 is 0 Å². The number of rotatable bonds is 1. The minimum Gasteiger partial charge on any atom is -0.368 e. The van der Waals surface area contributed by atoms with Gasteiger partial charge in [-0.15, -0.1) is 0 Å². The number of hydrogen-bond donors (Lipinski definition) is 1. The van der Waals surface area contributed by atoms with Crippen LogP contribution in [0.15, 0.2) is 6.07 Å². The first kappa shape index (κ1) is 11.3. The highest BCUT2D eigenvalue weighted by Gasteiger charge is 2.35. The fraction of sp³-hybridized carbons (Fsp3) is 0.583. The van der Waals surface area contributed by atoms with Crippen molar-refractivity contribution in [1.82, 2.24) is 14.9 Å². The van der Waals surface area contributed by atoms with Crippen molar-refractivity contribution in [3.63, 3.8) is 0 Å². The molecule has 1 atom stereocenters. The molecular weight excluding hydrogens is 230 g/mol. The monoisotopic (exact) mass is 247 g/mol.